The van der Waals surface area contributed by atoms with Crippen LogP contribution in [0.4, 0.5) is 0 Å². The lowest BCUT2D eigenvalue weighted by molar-refractivity contribution is -0.139. The molecule has 83 heavy (non-hydrogen) atoms. The fourth-order valence-electron chi connectivity index (χ4n) is 8.93. The number of H-pyrrole nitrogens is 1. The van der Waals surface area contributed by atoms with Crippen LogP contribution in [0, 0.1) is 0 Å². The number of carbonyl (C=O) groups is 9. The van der Waals surface area contributed by atoms with Gasteiger partial charge < -0.3 is 69.2 Å². The normalized spacial score (nSPS) is 14.4. The second kappa shape index (κ2) is 32.2. The zero-order valence-corrected chi connectivity index (χ0v) is 50.1. The molecule has 22 nitrogen and oxygen atoms in total. The summed E-state index contributed by atoms with van der Waals surface area (Å²) in [5.74, 6) is -5.78. The molecule has 0 aliphatic rings. The first-order chi connectivity index (χ1) is 39.3. The fraction of sp³-hybridized carbons (Fsp3) is 0.525. The SMILES string of the molecule is CC[C@@](C)(NC(=O)[C@@H](C)NC(=O)C(C)(C)NC(=O)C(C)(C)NC(=O)[C@@H](Cc1ccccc1)NC(C)=O)C(=O)NCC(=O)N[C@H](Cc1c[nH]c2ccccc12)C(=O)N[C@](C)(CC)C(=O)N[C@H](CNCCCNCCCCN)Cc1ccccc1. The first-order valence-electron chi connectivity index (χ1n) is 28.8. The van der Waals surface area contributed by atoms with E-state index in [1.165, 1.54) is 48.5 Å². The third kappa shape index (κ3) is 21.5. The topological polar surface area (TPSA) is 328 Å². The summed E-state index contributed by atoms with van der Waals surface area (Å²) in [5.41, 5.74) is 2.78. The maximum Gasteiger partial charge on any atom is 0.246 e. The molecule has 1 aromatic heterocycles. The molecule has 1 heterocycles. The van der Waals surface area contributed by atoms with Crippen LogP contribution >= 0.6 is 0 Å². The van der Waals surface area contributed by atoms with Crippen molar-refractivity contribution in [1.29, 1.82) is 0 Å². The van der Waals surface area contributed by atoms with Crippen molar-refractivity contribution in [2.24, 2.45) is 5.73 Å². The van der Waals surface area contributed by atoms with Crippen LogP contribution in [0.25, 0.3) is 10.9 Å². The molecule has 4 rings (SSSR count). The minimum absolute atomic E-state index is 0.0239. The number of benzene rings is 3. The minimum atomic E-state index is -1.62. The lowest BCUT2D eigenvalue weighted by atomic mass is 9.94. The molecule has 9 amide bonds. The summed E-state index contributed by atoms with van der Waals surface area (Å²) < 4.78 is 0. The van der Waals surface area contributed by atoms with E-state index in [-0.39, 0.29) is 31.7 Å². The Labute approximate surface area is 488 Å². The van der Waals surface area contributed by atoms with E-state index in [1.807, 2.05) is 60.7 Å². The lowest BCUT2D eigenvalue weighted by Gasteiger charge is -2.34. The fourth-order valence-corrected chi connectivity index (χ4v) is 8.93. The van der Waals surface area contributed by atoms with Crippen molar-refractivity contribution < 1.29 is 43.2 Å². The second-order valence-corrected chi connectivity index (χ2v) is 22.7. The number of rotatable bonds is 35. The summed E-state index contributed by atoms with van der Waals surface area (Å²) in [5, 5.41) is 32.4. The van der Waals surface area contributed by atoms with E-state index < -0.39 is 100.0 Å². The molecule has 4 aromatic rings. The van der Waals surface area contributed by atoms with E-state index in [4.69, 9.17) is 5.73 Å². The summed E-state index contributed by atoms with van der Waals surface area (Å²) in [7, 11) is 0. The van der Waals surface area contributed by atoms with Crippen LogP contribution in [0.3, 0.4) is 0 Å². The Hall–Kier alpha value is -7.69. The van der Waals surface area contributed by atoms with Crippen molar-refractivity contribution in [2.75, 3.05) is 39.3 Å². The number of carbonyl (C=O) groups excluding carboxylic acids is 9. The highest BCUT2D eigenvalue weighted by molar-refractivity contribution is 6.00. The molecule has 0 fully saturated rings. The Kier molecular flexibility index (Phi) is 26.3. The van der Waals surface area contributed by atoms with Crippen LogP contribution in [0.15, 0.2) is 91.1 Å². The highest BCUT2D eigenvalue weighted by Gasteiger charge is 2.41. The van der Waals surface area contributed by atoms with Gasteiger partial charge in [0.05, 0.1) is 6.54 Å². The smallest absolute Gasteiger partial charge is 0.246 e. The summed E-state index contributed by atoms with van der Waals surface area (Å²) in [6.07, 6.45) is 5.63. The van der Waals surface area contributed by atoms with Gasteiger partial charge in [-0.2, -0.15) is 0 Å². The minimum Gasteiger partial charge on any atom is -0.361 e. The van der Waals surface area contributed by atoms with Gasteiger partial charge in [-0.15, -0.1) is 0 Å². The highest BCUT2D eigenvalue weighted by atomic mass is 16.2. The molecule has 0 bridgehead atoms. The zero-order chi connectivity index (χ0) is 61.4. The van der Waals surface area contributed by atoms with Crippen molar-refractivity contribution in [2.45, 2.75) is 167 Å². The molecule has 3 aromatic carbocycles. The van der Waals surface area contributed by atoms with Crippen molar-refractivity contribution in [3.8, 4) is 0 Å². The van der Waals surface area contributed by atoms with E-state index in [9.17, 15) is 43.2 Å². The molecule has 14 N–H and O–H groups in total. The Balaban J connectivity index is 1.39. The molecule has 0 spiro atoms. The number of para-hydroxylation sites is 1. The Bertz CT molecular complexity index is 2810. The van der Waals surface area contributed by atoms with Crippen LogP contribution in [0.1, 0.15) is 118 Å². The summed E-state index contributed by atoms with van der Waals surface area (Å²) >= 11 is 0. The second-order valence-electron chi connectivity index (χ2n) is 22.7. The first kappa shape index (κ1) is 67.8. The molecule has 0 saturated heterocycles. The van der Waals surface area contributed by atoms with Crippen LogP contribution in [-0.2, 0) is 62.4 Å². The predicted octanol–water partition coefficient (Wildman–Crippen LogP) is 1.96. The van der Waals surface area contributed by atoms with Crippen LogP contribution < -0.4 is 64.2 Å². The van der Waals surface area contributed by atoms with Gasteiger partial charge in [-0.05, 0) is 136 Å². The lowest BCUT2D eigenvalue weighted by Crippen LogP contribution is -2.66. The van der Waals surface area contributed by atoms with Gasteiger partial charge in [0.25, 0.3) is 0 Å². The van der Waals surface area contributed by atoms with E-state index >= 15 is 0 Å². The number of aromatic nitrogens is 1. The number of aromatic amines is 1. The molecule has 6 atom stereocenters. The third-order valence-corrected chi connectivity index (χ3v) is 14.7. The van der Waals surface area contributed by atoms with Gasteiger partial charge in [-0.3, -0.25) is 43.2 Å². The van der Waals surface area contributed by atoms with Crippen LogP contribution in [-0.4, -0.2) is 144 Å². The maximum absolute atomic E-state index is 14.5. The monoisotopic (exact) mass is 1150 g/mol. The van der Waals surface area contributed by atoms with Crippen molar-refractivity contribution >= 4 is 64.1 Å². The Morgan fingerprint density at radius 1 is 0.542 bits per heavy atom. The van der Waals surface area contributed by atoms with Gasteiger partial charge in [-0.25, -0.2) is 0 Å². The molecule has 454 valence electrons. The largest absolute Gasteiger partial charge is 0.361 e. The standard InChI is InChI=1S/C61H91N13O9/c1-11-60(9,72-51(77)40(3)67-54(80)58(5,6)74-55(81)59(7,8)71-52(78)48(68-41(4)75)35-43-26-17-14-18-27-43)56(82)66-39-50(76)70-49(36-44-37-65-47-29-20-19-28-46(44)47)53(79)73-61(10,12-2)57(83)69-45(34-42-24-15-13-16-25-42)38-64-33-23-32-63-31-22-21-30-62/h13-20,24-29,37,40,45,48-49,63-65H,11-12,21-23,30-36,38-39,62H2,1-10H3,(H,66,82)(H,67,80)(H,68,75)(H,69,83)(H,70,76)(H,71,78)(H,72,77)(H,73,79)(H,74,81)/t40-,45+,48-,49-,60-,61-/m1/s1. The number of amides is 9. The number of fused-ring (bicyclic) bond motifs is 1. The van der Waals surface area contributed by atoms with E-state index in [2.05, 4.69) is 63.5 Å². The zero-order valence-electron chi connectivity index (χ0n) is 50.1. The highest BCUT2D eigenvalue weighted by Crippen LogP contribution is 2.21. The average molecular weight is 1150 g/mol. The van der Waals surface area contributed by atoms with Gasteiger partial charge in [0.1, 0.15) is 40.3 Å². The van der Waals surface area contributed by atoms with Crippen molar-refractivity contribution in [3.63, 3.8) is 0 Å². The van der Waals surface area contributed by atoms with Gasteiger partial charge in [0, 0.05) is 49.5 Å². The van der Waals surface area contributed by atoms with Gasteiger partial charge >= 0.3 is 0 Å². The number of hydrogen-bond acceptors (Lipinski definition) is 12. The molecular formula is C61H91N13O9. The number of nitrogens with two attached hydrogens (primary N) is 1. The maximum atomic E-state index is 14.5. The van der Waals surface area contributed by atoms with Crippen LogP contribution in [0.5, 0.6) is 0 Å². The Morgan fingerprint density at radius 3 is 1.71 bits per heavy atom. The molecule has 0 aliphatic carbocycles. The molecule has 0 radical (unpaired) electrons. The average Bonchev–Trinajstić information content (AvgIpc) is 4.15. The van der Waals surface area contributed by atoms with Gasteiger partial charge in [-0.1, -0.05) is 92.7 Å². The van der Waals surface area contributed by atoms with Gasteiger partial charge in [0.15, 0.2) is 0 Å². The molecule has 22 heteroatoms. The molecule has 0 unspecified atom stereocenters. The summed E-state index contributed by atoms with van der Waals surface area (Å²) in [6.45, 7) is 18.0. The van der Waals surface area contributed by atoms with E-state index in [0.717, 1.165) is 66.5 Å². The predicted molar refractivity (Wildman–Crippen MR) is 321 cm³/mol. The van der Waals surface area contributed by atoms with Crippen molar-refractivity contribution in [3.05, 3.63) is 108 Å². The Morgan fingerprint density at radius 2 is 1.08 bits per heavy atom. The molecular weight excluding hydrogens is 1060 g/mol. The summed E-state index contributed by atoms with van der Waals surface area (Å²) in [4.78, 5) is 126. The molecule has 0 aliphatic heterocycles. The summed E-state index contributed by atoms with van der Waals surface area (Å²) in [6, 6.07) is 22.6. The van der Waals surface area contributed by atoms with Crippen LogP contribution in [0.2, 0.25) is 0 Å². The van der Waals surface area contributed by atoms with E-state index in [1.54, 1.807) is 51.2 Å². The van der Waals surface area contributed by atoms with Crippen molar-refractivity contribution in [1.82, 2.24) is 63.5 Å². The number of hydrogen-bond donors (Lipinski definition) is 13. The number of unbranched alkanes of at least 4 members (excludes halogenated alkanes) is 1. The van der Waals surface area contributed by atoms with E-state index in [0.29, 0.717) is 19.5 Å². The number of nitrogens with one attached hydrogen (secondary N) is 12. The van der Waals surface area contributed by atoms with Gasteiger partial charge in [0.2, 0.25) is 53.2 Å². The quantitative estimate of drug-likeness (QED) is 0.0294. The molecule has 0 saturated carbocycles. The first-order valence-corrected chi connectivity index (χ1v) is 28.8. The third-order valence-electron chi connectivity index (χ3n) is 14.7.